The molecule has 0 atom stereocenters. The van der Waals surface area contributed by atoms with Crippen molar-refractivity contribution in [2.75, 3.05) is 0 Å². The smallest absolute Gasteiger partial charge is 0.223 e. The van der Waals surface area contributed by atoms with Gasteiger partial charge in [-0.1, -0.05) is 32.0 Å². The van der Waals surface area contributed by atoms with Crippen LogP contribution in [0.2, 0.25) is 0 Å². The van der Waals surface area contributed by atoms with Crippen molar-refractivity contribution in [1.29, 1.82) is 0 Å². The summed E-state index contributed by atoms with van der Waals surface area (Å²) in [5.74, 6) is 0.274. The molecule has 0 unspecified atom stereocenters. The quantitative estimate of drug-likeness (QED) is 0.783. The highest BCUT2D eigenvalue weighted by molar-refractivity contribution is 5.77. The molecule has 18 heavy (non-hydrogen) atoms. The Kier molecular flexibility index (Phi) is 4.00. The topological polar surface area (TPSA) is 20.3 Å². The number of carbonyl (C=O) groups is 1. The minimum absolute atomic E-state index is 0.149. The minimum atomic E-state index is -0.222. The Balaban J connectivity index is 2.07. The summed E-state index contributed by atoms with van der Waals surface area (Å²) in [6.07, 6.45) is 2.65. The van der Waals surface area contributed by atoms with Crippen molar-refractivity contribution in [2.45, 2.75) is 45.7 Å². The monoisotopic (exact) mass is 249 g/mol. The van der Waals surface area contributed by atoms with Crippen LogP contribution in [0.1, 0.15) is 38.7 Å². The summed E-state index contributed by atoms with van der Waals surface area (Å²) in [7, 11) is 0. The second kappa shape index (κ2) is 5.51. The van der Waals surface area contributed by atoms with Crippen LogP contribution in [0.15, 0.2) is 24.3 Å². The van der Waals surface area contributed by atoms with Crippen molar-refractivity contribution in [3.05, 3.63) is 35.6 Å². The molecule has 2 rings (SSSR count). The molecule has 0 aromatic heterocycles. The van der Waals surface area contributed by atoms with E-state index in [-0.39, 0.29) is 11.7 Å². The fourth-order valence-electron chi connectivity index (χ4n) is 2.08. The molecule has 1 aliphatic carbocycles. The van der Waals surface area contributed by atoms with Gasteiger partial charge in [-0.2, -0.15) is 0 Å². The van der Waals surface area contributed by atoms with Gasteiger partial charge in [-0.25, -0.2) is 4.39 Å². The van der Waals surface area contributed by atoms with E-state index in [1.54, 1.807) is 12.1 Å². The SMILES string of the molecule is CC(C)CC(=O)N(Cc1ccccc1F)C1CC1. The minimum Gasteiger partial charge on any atom is -0.335 e. The first-order valence-corrected chi connectivity index (χ1v) is 6.61. The highest BCUT2D eigenvalue weighted by Gasteiger charge is 2.32. The summed E-state index contributed by atoms with van der Waals surface area (Å²) < 4.78 is 13.6. The van der Waals surface area contributed by atoms with Crippen LogP contribution in [0.5, 0.6) is 0 Å². The van der Waals surface area contributed by atoms with Gasteiger partial charge in [-0.05, 0) is 24.8 Å². The zero-order valence-corrected chi connectivity index (χ0v) is 11.0. The van der Waals surface area contributed by atoms with Gasteiger partial charge >= 0.3 is 0 Å². The Labute approximate surface area is 108 Å². The average Bonchev–Trinajstić information content (AvgIpc) is 3.11. The van der Waals surface area contributed by atoms with Crippen LogP contribution in [0.4, 0.5) is 4.39 Å². The predicted molar refractivity (Wildman–Crippen MR) is 69.4 cm³/mol. The van der Waals surface area contributed by atoms with Gasteiger partial charge in [0.15, 0.2) is 0 Å². The van der Waals surface area contributed by atoms with E-state index in [0.717, 1.165) is 12.8 Å². The fourth-order valence-corrected chi connectivity index (χ4v) is 2.08. The van der Waals surface area contributed by atoms with Gasteiger partial charge in [-0.3, -0.25) is 4.79 Å². The molecule has 0 aliphatic heterocycles. The van der Waals surface area contributed by atoms with Gasteiger partial charge in [0, 0.05) is 24.6 Å². The second-order valence-corrected chi connectivity index (χ2v) is 5.44. The number of nitrogens with zero attached hydrogens (tertiary/aromatic N) is 1. The maximum Gasteiger partial charge on any atom is 0.223 e. The van der Waals surface area contributed by atoms with Gasteiger partial charge in [0.05, 0.1) is 0 Å². The molecule has 0 radical (unpaired) electrons. The van der Waals surface area contributed by atoms with Crippen LogP contribution in [0.25, 0.3) is 0 Å². The fraction of sp³-hybridized carbons (Fsp3) is 0.533. The molecule has 0 saturated heterocycles. The standard InChI is InChI=1S/C15H20FNO/c1-11(2)9-15(18)17(13-7-8-13)10-12-5-3-4-6-14(12)16/h3-6,11,13H,7-10H2,1-2H3. The number of amides is 1. The van der Waals surface area contributed by atoms with Crippen LogP contribution < -0.4 is 0 Å². The van der Waals surface area contributed by atoms with Crippen LogP contribution in [-0.4, -0.2) is 16.8 Å². The van der Waals surface area contributed by atoms with Crippen molar-refractivity contribution in [3.8, 4) is 0 Å². The van der Waals surface area contributed by atoms with E-state index in [1.807, 2.05) is 24.8 Å². The Morgan fingerprint density at radius 3 is 2.61 bits per heavy atom. The molecule has 1 aromatic carbocycles. The molecule has 1 saturated carbocycles. The Bertz CT molecular complexity index is 426. The molecular weight excluding hydrogens is 229 g/mol. The number of hydrogen-bond acceptors (Lipinski definition) is 1. The predicted octanol–water partition coefficient (Wildman–Crippen LogP) is 3.36. The normalized spacial score (nSPS) is 14.9. The van der Waals surface area contributed by atoms with Crippen molar-refractivity contribution in [2.24, 2.45) is 5.92 Å². The number of hydrogen-bond donors (Lipinski definition) is 0. The third-order valence-electron chi connectivity index (χ3n) is 3.19. The van der Waals surface area contributed by atoms with E-state index < -0.39 is 0 Å². The number of benzene rings is 1. The molecule has 0 bridgehead atoms. The Morgan fingerprint density at radius 2 is 2.06 bits per heavy atom. The first kappa shape index (κ1) is 13.1. The molecule has 0 N–H and O–H groups in total. The number of carbonyl (C=O) groups excluding carboxylic acids is 1. The van der Waals surface area contributed by atoms with Crippen molar-refractivity contribution in [3.63, 3.8) is 0 Å². The lowest BCUT2D eigenvalue weighted by Crippen LogP contribution is -2.33. The van der Waals surface area contributed by atoms with Crippen LogP contribution in [0, 0.1) is 11.7 Å². The van der Waals surface area contributed by atoms with E-state index in [2.05, 4.69) is 0 Å². The van der Waals surface area contributed by atoms with Crippen LogP contribution in [-0.2, 0) is 11.3 Å². The molecule has 2 nitrogen and oxygen atoms in total. The van der Waals surface area contributed by atoms with Crippen molar-refractivity contribution >= 4 is 5.91 Å². The lowest BCUT2D eigenvalue weighted by molar-refractivity contribution is -0.133. The second-order valence-electron chi connectivity index (χ2n) is 5.44. The van der Waals surface area contributed by atoms with E-state index in [0.29, 0.717) is 30.5 Å². The van der Waals surface area contributed by atoms with E-state index in [9.17, 15) is 9.18 Å². The van der Waals surface area contributed by atoms with E-state index in [1.165, 1.54) is 6.07 Å². The Morgan fingerprint density at radius 1 is 1.39 bits per heavy atom. The first-order chi connectivity index (χ1) is 8.58. The maximum atomic E-state index is 13.6. The van der Waals surface area contributed by atoms with Gasteiger partial charge < -0.3 is 4.90 Å². The third-order valence-corrected chi connectivity index (χ3v) is 3.19. The summed E-state index contributed by atoms with van der Waals surface area (Å²) in [4.78, 5) is 14.0. The van der Waals surface area contributed by atoms with E-state index >= 15 is 0 Å². The summed E-state index contributed by atoms with van der Waals surface area (Å²) in [5, 5.41) is 0. The maximum absolute atomic E-state index is 13.6. The molecule has 1 fully saturated rings. The van der Waals surface area contributed by atoms with Gasteiger partial charge in [0.2, 0.25) is 5.91 Å². The number of halogens is 1. The van der Waals surface area contributed by atoms with Gasteiger partial charge in [0.25, 0.3) is 0 Å². The van der Waals surface area contributed by atoms with Crippen LogP contribution in [0.3, 0.4) is 0 Å². The zero-order chi connectivity index (χ0) is 13.1. The van der Waals surface area contributed by atoms with Crippen molar-refractivity contribution < 1.29 is 9.18 Å². The first-order valence-electron chi connectivity index (χ1n) is 6.61. The van der Waals surface area contributed by atoms with Crippen LogP contribution >= 0.6 is 0 Å². The van der Waals surface area contributed by atoms with Crippen molar-refractivity contribution in [1.82, 2.24) is 4.90 Å². The third kappa shape index (κ3) is 3.31. The summed E-state index contributed by atoms with van der Waals surface area (Å²) in [6, 6.07) is 7.03. The molecule has 0 heterocycles. The summed E-state index contributed by atoms with van der Waals surface area (Å²) in [5.41, 5.74) is 0.613. The molecular formula is C15H20FNO. The highest BCUT2D eigenvalue weighted by Crippen LogP contribution is 2.29. The Hall–Kier alpha value is -1.38. The van der Waals surface area contributed by atoms with Gasteiger partial charge in [0.1, 0.15) is 5.82 Å². The molecule has 1 aliphatic rings. The molecule has 1 aromatic rings. The number of rotatable bonds is 5. The molecule has 1 amide bonds. The average molecular weight is 249 g/mol. The molecule has 3 heteroatoms. The summed E-state index contributed by atoms with van der Waals surface area (Å²) >= 11 is 0. The van der Waals surface area contributed by atoms with Gasteiger partial charge in [-0.15, -0.1) is 0 Å². The molecule has 0 spiro atoms. The molecule has 98 valence electrons. The summed E-state index contributed by atoms with van der Waals surface area (Å²) in [6.45, 7) is 4.47. The van der Waals surface area contributed by atoms with E-state index in [4.69, 9.17) is 0 Å². The largest absolute Gasteiger partial charge is 0.335 e. The highest BCUT2D eigenvalue weighted by atomic mass is 19.1. The lowest BCUT2D eigenvalue weighted by Gasteiger charge is -2.23. The lowest BCUT2D eigenvalue weighted by atomic mass is 10.1. The zero-order valence-electron chi connectivity index (χ0n) is 11.0.